The van der Waals surface area contributed by atoms with Crippen molar-refractivity contribution in [1.29, 1.82) is 0 Å². The van der Waals surface area contributed by atoms with Gasteiger partial charge in [0.25, 0.3) is 0 Å². The molecule has 28 heavy (non-hydrogen) atoms. The normalized spacial score (nSPS) is 29.8. The number of fused-ring (bicyclic) bond motifs is 1. The van der Waals surface area contributed by atoms with E-state index in [0.29, 0.717) is 25.7 Å². The van der Waals surface area contributed by atoms with Gasteiger partial charge in [0.05, 0.1) is 26.4 Å². The second-order valence-electron chi connectivity index (χ2n) is 7.99. The average Bonchev–Trinajstić information content (AvgIpc) is 2.93. The molecule has 0 aromatic heterocycles. The molecule has 0 spiro atoms. The zero-order valence-electron chi connectivity index (χ0n) is 15.5. The van der Waals surface area contributed by atoms with Gasteiger partial charge < -0.3 is 5.11 Å². The maximum absolute atomic E-state index is 13.0. The van der Waals surface area contributed by atoms with Crippen LogP contribution in [0.5, 0.6) is 0 Å². The largest absolute Gasteiger partial charge is 0.388 e. The van der Waals surface area contributed by atoms with Crippen molar-refractivity contribution < 1.29 is 21.9 Å². The van der Waals surface area contributed by atoms with E-state index < -0.39 is 35.9 Å². The molecule has 2 saturated carbocycles. The molecule has 3 atom stereocenters. The lowest BCUT2D eigenvalue weighted by Gasteiger charge is -2.57. The summed E-state index contributed by atoms with van der Waals surface area (Å²) in [5, 5.41) is 10.5. The maximum Gasteiger partial charge on any atom is 0.184 e. The summed E-state index contributed by atoms with van der Waals surface area (Å²) in [6, 6.07) is 16.5. The van der Waals surface area contributed by atoms with Crippen LogP contribution in [0.4, 0.5) is 0 Å². The van der Waals surface area contributed by atoms with Crippen LogP contribution in [0, 0.1) is 5.41 Å². The van der Waals surface area contributed by atoms with Crippen molar-refractivity contribution in [2.24, 2.45) is 5.41 Å². The summed E-state index contributed by atoms with van der Waals surface area (Å²) >= 11 is 0. The average molecular weight is 421 g/mol. The van der Waals surface area contributed by atoms with E-state index >= 15 is 0 Å². The van der Waals surface area contributed by atoms with Gasteiger partial charge >= 0.3 is 0 Å². The van der Waals surface area contributed by atoms with E-state index in [4.69, 9.17) is 0 Å². The Kier molecular flexibility index (Phi) is 4.68. The fraction of sp³-hybridized carbons (Fsp3) is 0.429. The van der Waals surface area contributed by atoms with Crippen molar-refractivity contribution in [2.75, 3.05) is 5.75 Å². The number of hydrogen-bond donors (Lipinski definition) is 1. The van der Waals surface area contributed by atoms with Crippen LogP contribution in [-0.2, 0) is 19.7 Å². The molecule has 2 aromatic carbocycles. The van der Waals surface area contributed by atoms with E-state index in [1.165, 1.54) is 0 Å². The van der Waals surface area contributed by atoms with Gasteiger partial charge in [-0.2, -0.15) is 0 Å². The third kappa shape index (κ3) is 2.91. The van der Waals surface area contributed by atoms with Gasteiger partial charge in [-0.25, -0.2) is 16.8 Å². The molecule has 2 aliphatic carbocycles. The molecule has 150 valence electrons. The molecular formula is C21H24O5S2. The minimum Gasteiger partial charge on any atom is -0.388 e. The number of benzene rings is 2. The molecule has 0 saturated heterocycles. The van der Waals surface area contributed by atoms with Crippen LogP contribution in [0.25, 0.3) is 0 Å². The first-order valence-corrected chi connectivity index (χ1v) is 12.7. The highest BCUT2D eigenvalue weighted by atomic mass is 32.2. The standard InChI is InChI=1S/C21H24O5S2/c22-21-13-7-12-20(21,14-15-27(23,24)17-8-3-1-4-9-17)16-19(21)28(25,26)18-10-5-2-6-11-18/h1-6,8-11,19,22H,7,12-16H2/t19-,20+,21-/m0/s1. The Morgan fingerprint density at radius 3 is 2.04 bits per heavy atom. The number of hydrogen-bond acceptors (Lipinski definition) is 5. The Labute approximate surface area is 166 Å². The molecule has 0 aliphatic heterocycles. The topological polar surface area (TPSA) is 88.5 Å². The highest BCUT2D eigenvalue weighted by molar-refractivity contribution is 7.92. The Hall–Kier alpha value is -1.70. The molecule has 0 unspecified atom stereocenters. The molecule has 0 bridgehead atoms. The second kappa shape index (κ2) is 6.68. The molecule has 2 aromatic rings. The summed E-state index contributed by atoms with van der Waals surface area (Å²) in [6.07, 6.45) is 2.36. The lowest BCUT2D eigenvalue weighted by Crippen LogP contribution is -2.67. The van der Waals surface area contributed by atoms with Crippen LogP contribution in [-0.4, -0.2) is 38.5 Å². The SMILES string of the molecule is O=S(=O)(CC[C@@]12CCC[C@]1(O)[C@@H](S(=O)(=O)c1ccccc1)C2)c1ccccc1. The van der Waals surface area contributed by atoms with E-state index in [0.717, 1.165) is 0 Å². The minimum absolute atomic E-state index is 0.0859. The van der Waals surface area contributed by atoms with Crippen LogP contribution >= 0.6 is 0 Å². The first-order valence-electron chi connectivity index (χ1n) is 9.51. The summed E-state index contributed by atoms with van der Waals surface area (Å²) in [6.45, 7) is 0. The molecule has 0 amide bonds. The van der Waals surface area contributed by atoms with Crippen molar-refractivity contribution in [3.8, 4) is 0 Å². The summed E-state index contributed by atoms with van der Waals surface area (Å²) in [5.41, 5.74) is -1.99. The van der Waals surface area contributed by atoms with E-state index in [1.54, 1.807) is 60.7 Å². The fourth-order valence-electron chi connectivity index (χ4n) is 5.01. The molecule has 0 heterocycles. The Morgan fingerprint density at radius 2 is 1.43 bits per heavy atom. The first-order chi connectivity index (χ1) is 13.2. The highest BCUT2D eigenvalue weighted by Crippen LogP contribution is 2.65. The summed E-state index contributed by atoms with van der Waals surface area (Å²) in [7, 11) is -7.13. The predicted octanol–water partition coefficient (Wildman–Crippen LogP) is 3.00. The quantitative estimate of drug-likeness (QED) is 0.776. The molecule has 5 nitrogen and oxygen atoms in total. The number of aliphatic hydroxyl groups is 1. The molecule has 2 aliphatic rings. The van der Waals surface area contributed by atoms with Crippen LogP contribution < -0.4 is 0 Å². The highest BCUT2D eigenvalue weighted by Gasteiger charge is 2.70. The monoisotopic (exact) mass is 420 g/mol. The van der Waals surface area contributed by atoms with Crippen LogP contribution in [0.15, 0.2) is 70.5 Å². The smallest absolute Gasteiger partial charge is 0.184 e. The van der Waals surface area contributed by atoms with Gasteiger partial charge in [0.15, 0.2) is 19.7 Å². The minimum atomic E-state index is -3.66. The van der Waals surface area contributed by atoms with Gasteiger partial charge in [0.1, 0.15) is 0 Å². The Morgan fingerprint density at radius 1 is 0.857 bits per heavy atom. The van der Waals surface area contributed by atoms with Crippen LogP contribution in [0.1, 0.15) is 32.1 Å². The Balaban J connectivity index is 1.57. The summed E-state index contributed by atoms with van der Waals surface area (Å²) in [4.78, 5) is 0.478. The zero-order valence-corrected chi connectivity index (χ0v) is 17.1. The summed E-state index contributed by atoms with van der Waals surface area (Å²) in [5.74, 6) is -0.0859. The van der Waals surface area contributed by atoms with Crippen molar-refractivity contribution in [3.63, 3.8) is 0 Å². The first kappa shape index (κ1) is 19.6. The Bertz CT molecular complexity index is 1060. The molecule has 7 heteroatoms. The van der Waals surface area contributed by atoms with E-state index in [9.17, 15) is 21.9 Å². The third-order valence-electron chi connectivity index (χ3n) is 6.64. The van der Waals surface area contributed by atoms with E-state index in [2.05, 4.69) is 0 Å². The maximum atomic E-state index is 13.0. The number of sulfone groups is 2. The fourth-order valence-corrected chi connectivity index (χ4v) is 8.76. The van der Waals surface area contributed by atoms with Gasteiger partial charge in [-0.1, -0.05) is 36.4 Å². The third-order valence-corrected chi connectivity index (χ3v) is 10.6. The second-order valence-corrected chi connectivity index (χ2v) is 12.2. The summed E-state index contributed by atoms with van der Waals surface area (Å²) < 4.78 is 51.4. The molecule has 4 rings (SSSR count). The van der Waals surface area contributed by atoms with Gasteiger partial charge in [-0.05, 0) is 56.4 Å². The predicted molar refractivity (Wildman–Crippen MR) is 106 cm³/mol. The van der Waals surface area contributed by atoms with Crippen molar-refractivity contribution >= 4 is 19.7 Å². The van der Waals surface area contributed by atoms with Gasteiger partial charge in [-0.3, -0.25) is 0 Å². The van der Waals surface area contributed by atoms with Gasteiger partial charge in [-0.15, -0.1) is 0 Å². The molecule has 2 fully saturated rings. The lowest BCUT2D eigenvalue weighted by atomic mass is 9.57. The molecule has 0 radical (unpaired) electrons. The van der Waals surface area contributed by atoms with Crippen molar-refractivity contribution in [3.05, 3.63) is 60.7 Å². The van der Waals surface area contributed by atoms with Crippen LogP contribution in [0.2, 0.25) is 0 Å². The number of rotatable bonds is 6. The van der Waals surface area contributed by atoms with Crippen molar-refractivity contribution in [2.45, 2.75) is 52.7 Å². The van der Waals surface area contributed by atoms with Gasteiger partial charge in [0.2, 0.25) is 0 Å². The van der Waals surface area contributed by atoms with E-state index in [-0.39, 0.29) is 22.0 Å². The van der Waals surface area contributed by atoms with Gasteiger partial charge in [0, 0.05) is 5.41 Å². The van der Waals surface area contributed by atoms with Crippen molar-refractivity contribution in [1.82, 2.24) is 0 Å². The zero-order chi connectivity index (χ0) is 20.0. The van der Waals surface area contributed by atoms with Crippen LogP contribution in [0.3, 0.4) is 0 Å². The molecule has 1 N–H and O–H groups in total. The lowest BCUT2D eigenvalue weighted by molar-refractivity contribution is -0.139. The molecular weight excluding hydrogens is 396 g/mol. The van der Waals surface area contributed by atoms with E-state index in [1.807, 2.05) is 0 Å².